The molecule has 1 aliphatic heterocycles. The van der Waals surface area contributed by atoms with Gasteiger partial charge in [0.05, 0.1) is 38.6 Å². The molecule has 4 rings (SSSR count). The van der Waals surface area contributed by atoms with Crippen LogP contribution >= 0.6 is 56.5 Å². The lowest BCUT2D eigenvalue weighted by atomic mass is 9.95. The van der Waals surface area contributed by atoms with Crippen molar-refractivity contribution in [3.8, 4) is 5.75 Å². The maximum Gasteiger partial charge on any atom is 0.344 e. The number of rotatable bonds is 8. The molecule has 0 unspecified atom stereocenters. The summed E-state index contributed by atoms with van der Waals surface area (Å²) in [4.78, 5) is 44.0. The van der Waals surface area contributed by atoms with Crippen molar-refractivity contribution in [3.05, 3.63) is 91.2 Å². The van der Waals surface area contributed by atoms with Crippen LogP contribution < -0.4 is 19.6 Å². The number of ether oxygens (including phenoxy) is 3. The first kappa shape index (κ1) is 29.5. The zero-order chi connectivity index (χ0) is 28.3. The number of aromatic nitrogens is 1. The molecule has 204 valence electrons. The Hall–Kier alpha value is -2.52. The predicted molar refractivity (Wildman–Crippen MR) is 166 cm³/mol. The third-order valence-electron chi connectivity index (χ3n) is 5.87. The van der Waals surface area contributed by atoms with Crippen LogP contribution in [0.1, 0.15) is 43.5 Å². The second kappa shape index (κ2) is 12.8. The van der Waals surface area contributed by atoms with E-state index in [1.165, 1.54) is 11.3 Å². The summed E-state index contributed by atoms with van der Waals surface area (Å²) in [6.45, 7) is 7.43. The molecule has 0 N–H and O–H groups in total. The fourth-order valence-corrected chi connectivity index (χ4v) is 7.25. The van der Waals surface area contributed by atoms with Crippen molar-refractivity contribution >= 4 is 74.5 Å². The third-order valence-corrected chi connectivity index (χ3v) is 8.28. The largest absolute Gasteiger partial charge is 0.480 e. The molecule has 39 heavy (non-hydrogen) atoms. The number of hydrogen-bond donors (Lipinski definition) is 0. The van der Waals surface area contributed by atoms with E-state index in [1.807, 2.05) is 43.3 Å². The Kier molecular flexibility index (Phi) is 9.64. The van der Waals surface area contributed by atoms with Gasteiger partial charge in [-0.1, -0.05) is 41.2 Å². The first-order valence-electron chi connectivity index (χ1n) is 12.2. The number of carbonyl (C=O) groups excluding carboxylic acids is 2. The van der Waals surface area contributed by atoms with E-state index < -0.39 is 18.0 Å². The highest BCUT2D eigenvalue weighted by molar-refractivity contribution is 14.1. The van der Waals surface area contributed by atoms with Crippen molar-refractivity contribution in [2.24, 2.45) is 4.99 Å². The molecule has 0 fully saturated rings. The summed E-state index contributed by atoms with van der Waals surface area (Å²) in [5.74, 6) is -0.494. The molecule has 0 radical (unpaired) electrons. The summed E-state index contributed by atoms with van der Waals surface area (Å²) in [7, 11) is 0. The number of benzene rings is 2. The highest BCUT2D eigenvalue weighted by Crippen LogP contribution is 2.32. The van der Waals surface area contributed by atoms with E-state index in [9.17, 15) is 14.4 Å². The van der Waals surface area contributed by atoms with Gasteiger partial charge in [-0.25, -0.2) is 14.6 Å². The lowest BCUT2D eigenvalue weighted by Gasteiger charge is -2.24. The SMILES string of the molecule is CCOC(=O)COc1c(I)cc(I)cc1/C=c1\sc2n(c1=O)[C@@H](c1ccc(C)cc1)C(C(=O)OCC)=C(C)N=2. The number of fused-ring (bicyclic) bond motifs is 1. The monoisotopic (exact) mass is 772 g/mol. The van der Waals surface area contributed by atoms with Crippen LogP contribution in [0.2, 0.25) is 0 Å². The lowest BCUT2D eigenvalue weighted by Crippen LogP contribution is -2.39. The van der Waals surface area contributed by atoms with Gasteiger partial charge in [-0.05, 0) is 96.6 Å². The zero-order valence-electron chi connectivity index (χ0n) is 21.7. The Morgan fingerprint density at radius 3 is 2.44 bits per heavy atom. The van der Waals surface area contributed by atoms with Crippen molar-refractivity contribution < 1.29 is 23.8 Å². The Morgan fingerprint density at radius 1 is 1.08 bits per heavy atom. The van der Waals surface area contributed by atoms with Crippen LogP contribution in [0.5, 0.6) is 5.75 Å². The van der Waals surface area contributed by atoms with Crippen LogP contribution in [-0.4, -0.2) is 36.3 Å². The molecular weight excluding hydrogens is 746 g/mol. The summed E-state index contributed by atoms with van der Waals surface area (Å²) in [5.41, 5.74) is 3.05. The van der Waals surface area contributed by atoms with Gasteiger partial charge in [-0.2, -0.15) is 0 Å². The predicted octanol–water partition coefficient (Wildman–Crippen LogP) is 4.26. The molecule has 0 amide bonds. The average Bonchev–Trinajstić information content (AvgIpc) is 3.17. The fraction of sp³-hybridized carbons (Fsp3) is 0.286. The Labute approximate surface area is 256 Å². The summed E-state index contributed by atoms with van der Waals surface area (Å²) in [6.07, 6.45) is 1.74. The number of nitrogens with zero attached hydrogens (tertiary/aromatic N) is 2. The van der Waals surface area contributed by atoms with Gasteiger partial charge in [0.15, 0.2) is 11.4 Å². The molecule has 1 aromatic heterocycles. The van der Waals surface area contributed by atoms with E-state index in [2.05, 4.69) is 50.2 Å². The van der Waals surface area contributed by atoms with Gasteiger partial charge in [0.1, 0.15) is 5.75 Å². The van der Waals surface area contributed by atoms with E-state index in [0.717, 1.165) is 18.3 Å². The minimum Gasteiger partial charge on any atom is -0.480 e. The second-order valence-electron chi connectivity index (χ2n) is 8.61. The molecule has 1 aliphatic rings. The molecule has 11 heteroatoms. The maximum atomic E-state index is 13.9. The van der Waals surface area contributed by atoms with E-state index in [-0.39, 0.29) is 25.4 Å². The third kappa shape index (κ3) is 6.46. The molecule has 2 aromatic carbocycles. The molecule has 0 spiro atoms. The van der Waals surface area contributed by atoms with E-state index in [4.69, 9.17) is 14.2 Å². The summed E-state index contributed by atoms with van der Waals surface area (Å²) < 4.78 is 19.9. The van der Waals surface area contributed by atoms with Gasteiger partial charge in [-0.3, -0.25) is 9.36 Å². The van der Waals surface area contributed by atoms with E-state index in [1.54, 1.807) is 31.4 Å². The Morgan fingerprint density at radius 2 is 1.77 bits per heavy atom. The maximum absolute atomic E-state index is 13.9. The normalized spacial score (nSPS) is 15.0. The van der Waals surface area contributed by atoms with Gasteiger partial charge < -0.3 is 14.2 Å². The summed E-state index contributed by atoms with van der Waals surface area (Å²) in [6, 6.07) is 10.9. The highest BCUT2D eigenvalue weighted by atomic mass is 127. The molecule has 1 atom stereocenters. The number of allylic oxidation sites excluding steroid dienone is 1. The van der Waals surface area contributed by atoms with Gasteiger partial charge in [-0.15, -0.1) is 0 Å². The molecular formula is C28H26I2N2O6S. The van der Waals surface area contributed by atoms with Crippen molar-refractivity contribution in [2.75, 3.05) is 19.8 Å². The number of thiazole rings is 1. The van der Waals surface area contributed by atoms with Crippen molar-refractivity contribution in [1.29, 1.82) is 0 Å². The lowest BCUT2D eigenvalue weighted by molar-refractivity contribution is -0.145. The number of carbonyl (C=O) groups is 2. The molecule has 0 saturated carbocycles. The van der Waals surface area contributed by atoms with Gasteiger partial charge >= 0.3 is 11.9 Å². The molecule has 0 bridgehead atoms. The van der Waals surface area contributed by atoms with Crippen molar-refractivity contribution in [3.63, 3.8) is 0 Å². The fourth-order valence-electron chi connectivity index (χ4n) is 4.17. The second-order valence-corrected chi connectivity index (χ2v) is 12.0. The first-order chi connectivity index (χ1) is 18.6. The van der Waals surface area contributed by atoms with E-state index in [0.29, 0.717) is 31.9 Å². The van der Waals surface area contributed by atoms with Crippen LogP contribution in [-0.2, 0) is 19.1 Å². The summed E-state index contributed by atoms with van der Waals surface area (Å²) in [5, 5.41) is 0. The molecule has 3 aromatic rings. The highest BCUT2D eigenvalue weighted by Gasteiger charge is 2.33. The number of esters is 2. The quantitative estimate of drug-likeness (QED) is 0.251. The first-order valence-corrected chi connectivity index (χ1v) is 15.2. The van der Waals surface area contributed by atoms with Gasteiger partial charge in [0, 0.05) is 9.13 Å². The Balaban J connectivity index is 1.89. The minimum atomic E-state index is -0.682. The van der Waals surface area contributed by atoms with Crippen molar-refractivity contribution in [1.82, 2.24) is 4.57 Å². The zero-order valence-corrected chi connectivity index (χ0v) is 26.9. The van der Waals surface area contributed by atoms with Crippen LogP contribution in [0.4, 0.5) is 0 Å². The van der Waals surface area contributed by atoms with Crippen LogP contribution in [0, 0.1) is 14.1 Å². The van der Waals surface area contributed by atoms with E-state index >= 15 is 0 Å². The average molecular weight is 772 g/mol. The van der Waals surface area contributed by atoms with Gasteiger partial charge in [0.25, 0.3) is 5.56 Å². The number of halogens is 2. The van der Waals surface area contributed by atoms with Crippen molar-refractivity contribution in [2.45, 2.75) is 33.7 Å². The minimum absolute atomic E-state index is 0.209. The smallest absolute Gasteiger partial charge is 0.344 e. The number of hydrogen-bond acceptors (Lipinski definition) is 8. The topological polar surface area (TPSA) is 96.2 Å². The van der Waals surface area contributed by atoms with Crippen LogP contribution in [0.15, 0.2) is 57.5 Å². The van der Waals surface area contributed by atoms with Crippen LogP contribution in [0.3, 0.4) is 0 Å². The number of aryl methyl sites for hydroxylation is 1. The molecule has 8 nitrogen and oxygen atoms in total. The molecule has 0 saturated heterocycles. The standard InChI is InChI=1S/C28H26I2N2O6S/c1-5-36-22(33)14-38-25-18(11-19(29)13-20(25)30)12-21-26(34)32-24(17-9-7-15(3)8-10-17)23(27(35)37-6-2)16(4)31-28(32)39-21/h7-13,24H,5-6,14H2,1-4H3/b21-12-/t24-/m0/s1. The molecule has 2 heterocycles. The van der Waals surface area contributed by atoms with Crippen LogP contribution in [0.25, 0.3) is 6.08 Å². The molecule has 0 aliphatic carbocycles. The van der Waals surface area contributed by atoms with Gasteiger partial charge in [0.2, 0.25) is 0 Å². The summed E-state index contributed by atoms with van der Waals surface area (Å²) >= 11 is 5.57. The Bertz CT molecular complexity index is 1640.